The largest absolute Gasteiger partial charge is 0.417 e. The number of likely N-dealkylation sites (N-methyl/N-ethyl adjacent to an activating group) is 1. The first-order chi connectivity index (χ1) is 16.2. The van der Waals surface area contributed by atoms with Crippen LogP contribution >= 0.6 is 0 Å². The second-order valence-electron chi connectivity index (χ2n) is 8.56. The Hall–Kier alpha value is -3.76. The standard InChI is InChI=1S/C23H27F2N7O2/c1-13(2)21-22(33)30-20-14(3)29-18(7-17(20)31(21)4)26-9-16-10-28-32(12-16)11-15-5-6-19(27-8-15)34-23(24)25/h5-8,10,12-13,21,23H,9,11H2,1-4H3,(H,26,29)(H,30,33)/t21-/m0/s1. The summed E-state index contributed by atoms with van der Waals surface area (Å²) in [5, 5.41) is 10.7. The molecule has 34 heavy (non-hydrogen) atoms. The smallest absolute Gasteiger partial charge is 0.388 e. The summed E-state index contributed by atoms with van der Waals surface area (Å²) in [5.41, 5.74) is 4.16. The van der Waals surface area contributed by atoms with Gasteiger partial charge >= 0.3 is 6.61 Å². The van der Waals surface area contributed by atoms with E-state index in [1.54, 1.807) is 16.9 Å². The highest BCUT2D eigenvalue weighted by Crippen LogP contribution is 2.36. The molecule has 3 aromatic heterocycles. The molecule has 1 aliphatic rings. The summed E-state index contributed by atoms with van der Waals surface area (Å²) in [6, 6.07) is 4.77. The van der Waals surface area contributed by atoms with Gasteiger partial charge in [0.25, 0.3) is 0 Å². The third-order valence-electron chi connectivity index (χ3n) is 5.64. The zero-order valence-electron chi connectivity index (χ0n) is 19.4. The highest BCUT2D eigenvalue weighted by atomic mass is 19.3. The van der Waals surface area contributed by atoms with Crippen LogP contribution in [0.5, 0.6) is 5.88 Å². The Bertz CT molecular complexity index is 1160. The van der Waals surface area contributed by atoms with Gasteiger partial charge in [-0.25, -0.2) is 9.97 Å². The molecule has 2 N–H and O–H groups in total. The summed E-state index contributed by atoms with van der Waals surface area (Å²) in [5.74, 6) is 0.724. The molecule has 4 heterocycles. The Balaban J connectivity index is 1.41. The van der Waals surface area contributed by atoms with Gasteiger partial charge in [0.05, 0.1) is 29.8 Å². The molecule has 0 bridgehead atoms. The number of alkyl halides is 2. The molecule has 0 aromatic carbocycles. The van der Waals surface area contributed by atoms with Crippen LogP contribution in [0.2, 0.25) is 0 Å². The first kappa shape index (κ1) is 23.4. The fourth-order valence-corrected chi connectivity index (χ4v) is 4.08. The molecule has 180 valence electrons. The van der Waals surface area contributed by atoms with E-state index in [2.05, 4.69) is 30.4 Å². The first-order valence-corrected chi connectivity index (χ1v) is 10.9. The first-order valence-electron chi connectivity index (χ1n) is 10.9. The normalized spacial score (nSPS) is 15.5. The van der Waals surface area contributed by atoms with Crippen molar-refractivity contribution in [1.29, 1.82) is 0 Å². The molecule has 3 aromatic rings. The maximum Gasteiger partial charge on any atom is 0.388 e. The molecule has 0 radical (unpaired) electrons. The number of nitrogens with zero attached hydrogens (tertiary/aromatic N) is 5. The zero-order chi connectivity index (χ0) is 24.4. The van der Waals surface area contributed by atoms with Gasteiger partial charge in [0.1, 0.15) is 11.9 Å². The van der Waals surface area contributed by atoms with Crippen molar-refractivity contribution >= 4 is 23.1 Å². The SMILES string of the molecule is Cc1nc(NCc2cnn(Cc3ccc(OC(F)F)nc3)c2)cc2c1NC(=O)[C@H](C(C)C)N2C. The summed E-state index contributed by atoms with van der Waals surface area (Å²) in [6.07, 6.45) is 5.13. The van der Waals surface area contributed by atoms with Crippen molar-refractivity contribution in [3.8, 4) is 5.88 Å². The van der Waals surface area contributed by atoms with Gasteiger partial charge in [0, 0.05) is 43.7 Å². The number of carbonyl (C=O) groups is 1. The molecular formula is C23H27F2N7O2. The van der Waals surface area contributed by atoms with Crippen LogP contribution in [0.15, 0.2) is 36.8 Å². The van der Waals surface area contributed by atoms with Crippen LogP contribution in [0.1, 0.15) is 30.7 Å². The number of fused-ring (bicyclic) bond motifs is 1. The van der Waals surface area contributed by atoms with Crippen molar-refractivity contribution in [3.63, 3.8) is 0 Å². The number of aromatic nitrogens is 4. The number of aryl methyl sites for hydroxylation is 1. The average molecular weight is 472 g/mol. The molecule has 9 nitrogen and oxygen atoms in total. The van der Waals surface area contributed by atoms with Crippen LogP contribution in [-0.4, -0.2) is 45.4 Å². The van der Waals surface area contributed by atoms with E-state index in [1.807, 2.05) is 45.0 Å². The van der Waals surface area contributed by atoms with Crippen molar-refractivity contribution in [2.45, 2.75) is 46.5 Å². The topological polar surface area (TPSA) is 97.2 Å². The summed E-state index contributed by atoms with van der Waals surface area (Å²) < 4.78 is 30.5. The Labute approximate surface area is 196 Å². The minimum Gasteiger partial charge on any atom is -0.417 e. The number of halogens is 2. The van der Waals surface area contributed by atoms with Crippen molar-refractivity contribution < 1.29 is 18.3 Å². The fourth-order valence-electron chi connectivity index (χ4n) is 4.08. The molecule has 0 aliphatic carbocycles. The number of rotatable bonds is 8. The number of amides is 1. The van der Waals surface area contributed by atoms with Crippen LogP contribution in [0.3, 0.4) is 0 Å². The maximum atomic E-state index is 12.5. The van der Waals surface area contributed by atoms with E-state index in [-0.39, 0.29) is 23.7 Å². The van der Waals surface area contributed by atoms with E-state index in [1.165, 1.54) is 12.3 Å². The Morgan fingerprint density at radius 1 is 1.24 bits per heavy atom. The lowest BCUT2D eigenvalue weighted by molar-refractivity contribution is -0.118. The second kappa shape index (κ2) is 9.62. The van der Waals surface area contributed by atoms with Gasteiger partial charge in [0.2, 0.25) is 11.8 Å². The van der Waals surface area contributed by atoms with E-state index >= 15 is 0 Å². The lowest BCUT2D eigenvalue weighted by Gasteiger charge is -2.38. The van der Waals surface area contributed by atoms with Gasteiger partial charge in [-0.15, -0.1) is 0 Å². The Morgan fingerprint density at radius 3 is 2.71 bits per heavy atom. The molecule has 0 spiro atoms. The quantitative estimate of drug-likeness (QED) is 0.518. The molecule has 0 unspecified atom stereocenters. The summed E-state index contributed by atoms with van der Waals surface area (Å²) in [6.45, 7) is 3.98. The second-order valence-corrected chi connectivity index (χ2v) is 8.56. The number of hydrogen-bond donors (Lipinski definition) is 2. The fraction of sp³-hybridized carbons (Fsp3) is 0.391. The van der Waals surface area contributed by atoms with Gasteiger partial charge in [-0.3, -0.25) is 9.48 Å². The Kier molecular flexibility index (Phi) is 6.62. The van der Waals surface area contributed by atoms with E-state index in [4.69, 9.17) is 0 Å². The summed E-state index contributed by atoms with van der Waals surface area (Å²) in [7, 11) is 1.93. The van der Waals surface area contributed by atoms with Gasteiger partial charge in [-0.1, -0.05) is 19.9 Å². The van der Waals surface area contributed by atoms with E-state index in [9.17, 15) is 13.6 Å². The molecular weight excluding hydrogens is 444 g/mol. The number of anilines is 3. The Morgan fingerprint density at radius 2 is 2.03 bits per heavy atom. The maximum absolute atomic E-state index is 12.5. The van der Waals surface area contributed by atoms with Crippen molar-refractivity contribution in [3.05, 3.63) is 53.6 Å². The van der Waals surface area contributed by atoms with Crippen molar-refractivity contribution in [2.75, 3.05) is 22.6 Å². The highest BCUT2D eigenvalue weighted by molar-refractivity contribution is 6.04. The predicted molar refractivity (Wildman–Crippen MR) is 124 cm³/mol. The van der Waals surface area contributed by atoms with Gasteiger partial charge in [0.15, 0.2) is 0 Å². The number of carbonyl (C=O) groups excluding carboxylic acids is 1. The third-order valence-corrected chi connectivity index (χ3v) is 5.64. The molecule has 1 amide bonds. The average Bonchev–Trinajstić information content (AvgIpc) is 3.21. The van der Waals surface area contributed by atoms with Crippen LogP contribution in [-0.2, 0) is 17.9 Å². The predicted octanol–water partition coefficient (Wildman–Crippen LogP) is 3.66. The molecule has 0 saturated carbocycles. The van der Waals surface area contributed by atoms with E-state index in [0.29, 0.717) is 18.9 Å². The van der Waals surface area contributed by atoms with Crippen molar-refractivity contribution in [2.24, 2.45) is 5.92 Å². The van der Waals surface area contributed by atoms with Gasteiger partial charge < -0.3 is 20.3 Å². The van der Waals surface area contributed by atoms with Crippen LogP contribution < -0.4 is 20.3 Å². The lowest BCUT2D eigenvalue weighted by Crippen LogP contribution is -2.49. The molecule has 0 fully saturated rings. The highest BCUT2D eigenvalue weighted by Gasteiger charge is 2.34. The molecule has 11 heteroatoms. The van der Waals surface area contributed by atoms with Gasteiger partial charge in [-0.2, -0.15) is 13.9 Å². The number of pyridine rings is 2. The summed E-state index contributed by atoms with van der Waals surface area (Å²) in [4.78, 5) is 23.0. The molecule has 0 saturated heterocycles. The van der Waals surface area contributed by atoms with Crippen LogP contribution in [0, 0.1) is 12.8 Å². The van der Waals surface area contributed by atoms with E-state index in [0.717, 1.165) is 28.2 Å². The molecule has 1 aliphatic heterocycles. The van der Waals surface area contributed by atoms with Gasteiger partial charge in [-0.05, 0) is 18.4 Å². The molecule has 4 rings (SSSR count). The summed E-state index contributed by atoms with van der Waals surface area (Å²) >= 11 is 0. The monoisotopic (exact) mass is 471 g/mol. The molecule has 1 atom stereocenters. The minimum atomic E-state index is -2.90. The zero-order valence-corrected chi connectivity index (χ0v) is 19.4. The van der Waals surface area contributed by atoms with Crippen LogP contribution in [0.25, 0.3) is 0 Å². The minimum absolute atomic E-state index is 0.0191. The number of hydrogen-bond acceptors (Lipinski definition) is 7. The van der Waals surface area contributed by atoms with Crippen molar-refractivity contribution in [1.82, 2.24) is 19.7 Å². The lowest BCUT2D eigenvalue weighted by atomic mass is 9.98. The van der Waals surface area contributed by atoms with Crippen LogP contribution in [0.4, 0.5) is 26.0 Å². The number of ether oxygens (including phenoxy) is 1. The third kappa shape index (κ3) is 5.08. The van der Waals surface area contributed by atoms with E-state index < -0.39 is 6.61 Å². The number of nitrogens with one attached hydrogen (secondary N) is 2.